The summed E-state index contributed by atoms with van der Waals surface area (Å²) in [6.07, 6.45) is 4.89. The molecule has 1 aliphatic rings. The van der Waals surface area contributed by atoms with Crippen LogP contribution in [0.25, 0.3) is 0 Å². The molecule has 0 saturated heterocycles. The van der Waals surface area contributed by atoms with Gasteiger partial charge >= 0.3 is 0 Å². The van der Waals surface area contributed by atoms with Crippen LogP contribution in [0, 0.1) is 5.92 Å². The van der Waals surface area contributed by atoms with Crippen LogP contribution in [-0.4, -0.2) is 12.4 Å². The summed E-state index contributed by atoms with van der Waals surface area (Å²) in [6.45, 7) is 4.25. The highest BCUT2D eigenvalue weighted by Gasteiger charge is 2.10. The number of aliphatic hydroxyl groups excluding tert-OH is 1. The van der Waals surface area contributed by atoms with Gasteiger partial charge in [-0.3, -0.25) is 0 Å². The van der Waals surface area contributed by atoms with E-state index in [1.165, 1.54) is 5.47 Å². The fourth-order valence-corrected chi connectivity index (χ4v) is 1.26. The van der Waals surface area contributed by atoms with Gasteiger partial charge in [0.2, 0.25) is 0 Å². The van der Waals surface area contributed by atoms with Crippen LogP contribution in [0.1, 0.15) is 13.3 Å². The minimum absolute atomic E-state index is 0.487. The molecule has 2 heteroatoms. The summed E-state index contributed by atoms with van der Waals surface area (Å²) < 4.78 is 0. The predicted molar refractivity (Wildman–Crippen MR) is 45.6 cm³/mol. The van der Waals surface area contributed by atoms with Gasteiger partial charge in [-0.25, -0.2) is 0 Å². The van der Waals surface area contributed by atoms with Gasteiger partial charge in [-0.2, -0.15) is 0 Å². The van der Waals surface area contributed by atoms with Crippen molar-refractivity contribution < 1.29 is 5.11 Å². The Kier molecular flexibility index (Phi) is 2.20. The normalized spacial score (nSPS) is 25.2. The van der Waals surface area contributed by atoms with Crippen LogP contribution in [0.2, 0.25) is 6.82 Å². The summed E-state index contributed by atoms with van der Waals surface area (Å²) in [7, 11) is 0.973. The average molecular weight is 136 g/mol. The van der Waals surface area contributed by atoms with E-state index in [9.17, 15) is 5.11 Å². The molecule has 54 valence electrons. The first-order valence-corrected chi connectivity index (χ1v) is 3.83. The molecule has 0 aromatic rings. The Labute approximate surface area is 62.7 Å². The van der Waals surface area contributed by atoms with E-state index in [2.05, 4.69) is 19.8 Å². The van der Waals surface area contributed by atoms with E-state index in [1.807, 2.05) is 6.08 Å². The molecule has 0 fully saturated rings. The van der Waals surface area contributed by atoms with Gasteiger partial charge in [0.25, 0.3) is 0 Å². The number of hydrogen-bond acceptors (Lipinski definition) is 1. The first-order valence-electron chi connectivity index (χ1n) is 3.83. The van der Waals surface area contributed by atoms with Gasteiger partial charge in [0.1, 0.15) is 5.76 Å². The first kappa shape index (κ1) is 7.45. The van der Waals surface area contributed by atoms with Crippen molar-refractivity contribution in [2.24, 2.45) is 5.92 Å². The second-order valence-corrected chi connectivity index (χ2v) is 2.88. The standard InChI is InChI=1S/C8H13BO/c1-6-3-4-8(10)7(5-6)9-2/h3-4,6,9-10H,5H2,1-2H3. The Morgan fingerprint density at radius 1 is 1.70 bits per heavy atom. The van der Waals surface area contributed by atoms with Gasteiger partial charge in [-0.05, 0) is 18.4 Å². The largest absolute Gasteiger partial charge is 0.509 e. The van der Waals surface area contributed by atoms with Gasteiger partial charge in [0, 0.05) is 0 Å². The van der Waals surface area contributed by atoms with Gasteiger partial charge < -0.3 is 5.11 Å². The molecule has 0 heterocycles. The molecule has 1 N–H and O–H groups in total. The summed E-state index contributed by atoms with van der Waals surface area (Å²) >= 11 is 0. The molecule has 0 bridgehead atoms. The third-order valence-electron chi connectivity index (χ3n) is 1.94. The maximum atomic E-state index is 9.28. The van der Waals surface area contributed by atoms with Gasteiger partial charge in [-0.1, -0.05) is 25.3 Å². The molecule has 1 atom stereocenters. The van der Waals surface area contributed by atoms with E-state index in [0.29, 0.717) is 11.7 Å². The SMILES string of the molecule is CBC1=C(O)C=CC(C)C1. The number of aliphatic hydroxyl groups is 1. The average Bonchev–Trinajstić information content (AvgIpc) is 1.94. The zero-order valence-corrected chi connectivity index (χ0v) is 6.59. The van der Waals surface area contributed by atoms with Crippen LogP contribution in [0.5, 0.6) is 0 Å². The third kappa shape index (κ3) is 1.44. The van der Waals surface area contributed by atoms with E-state index >= 15 is 0 Å². The van der Waals surface area contributed by atoms with E-state index in [0.717, 1.165) is 13.7 Å². The Morgan fingerprint density at radius 2 is 2.40 bits per heavy atom. The summed E-state index contributed by atoms with van der Waals surface area (Å²) in [5, 5.41) is 9.28. The van der Waals surface area contributed by atoms with Crippen molar-refractivity contribution in [3.8, 4) is 0 Å². The second kappa shape index (κ2) is 2.95. The molecule has 1 rings (SSSR count). The molecule has 10 heavy (non-hydrogen) atoms. The molecule has 0 saturated carbocycles. The first-order chi connectivity index (χ1) is 4.74. The summed E-state index contributed by atoms with van der Waals surface area (Å²) in [4.78, 5) is 0. The van der Waals surface area contributed by atoms with Crippen LogP contribution in [0.4, 0.5) is 0 Å². The molecule has 0 amide bonds. The monoisotopic (exact) mass is 136 g/mol. The highest BCUT2D eigenvalue weighted by Crippen LogP contribution is 2.20. The van der Waals surface area contributed by atoms with Crippen LogP contribution in [-0.2, 0) is 0 Å². The van der Waals surface area contributed by atoms with Crippen molar-refractivity contribution in [3.05, 3.63) is 23.4 Å². The fraction of sp³-hybridized carbons (Fsp3) is 0.500. The summed E-state index contributed by atoms with van der Waals surface area (Å²) in [5.74, 6) is 1.09. The highest BCUT2D eigenvalue weighted by atomic mass is 16.3. The zero-order chi connectivity index (χ0) is 7.56. The van der Waals surface area contributed by atoms with Crippen molar-refractivity contribution in [2.75, 3.05) is 0 Å². The Hall–Kier alpha value is -0.655. The quantitative estimate of drug-likeness (QED) is 0.545. The van der Waals surface area contributed by atoms with Crippen molar-refractivity contribution >= 4 is 7.28 Å². The minimum Gasteiger partial charge on any atom is -0.509 e. The molecular formula is C8H13BO. The van der Waals surface area contributed by atoms with Crippen molar-refractivity contribution in [2.45, 2.75) is 20.2 Å². The highest BCUT2D eigenvalue weighted by molar-refractivity contribution is 6.43. The van der Waals surface area contributed by atoms with Crippen LogP contribution >= 0.6 is 0 Å². The van der Waals surface area contributed by atoms with E-state index < -0.39 is 0 Å². The third-order valence-corrected chi connectivity index (χ3v) is 1.94. The Bertz CT molecular complexity index is 182. The number of rotatable bonds is 1. The number of allylic oxidation sites excluding steroid dienone is 3. The molecule has 1 unspecified atom stereocenters. The molecule has 0 radical (unpaired) electrons. The minimum atomic E-state index is 0.487. The number of hydrogen-bond donors (Lipinski definition) is 1. The molecule has 0 aromatic carbocycles. The smallest absolute Gasteiger partial charge is 0.154 e. The second-order valence-electron chi connectivity index (χ2n) is 2.88. The molecular weight excluding hydrogens is 123 g/mol. The summed E-state index contributed by atoms with van der Waals surface area (Å²) in [6, 6.07) is 0. The zero-order valence-electron chi connectivity index (χ0n) is 6.59. The summed E-state index contributed by atoms with van der Waals surface area (Å²) in [5.41, 5.74) is 1.19. The lowest BCUT2D eigenvalue weighted by atomic mass is 9.67. The predicted octanol–water partition coefficient (Wildman–Crippen LogP) is 1.84. The van der Waals surface area contributed by atoms with Crippen molar-refractivity contribution in [1.29, 1.82) is 0 Å². The topological polar surface area (TPSA) is 20.2 Å². The van der Waals surface area contributed by atoms with Gasteiger partial charge in [-0.15, -0.1) is 0 Å². The molecule has 0 spiro atoms. The van der Waals surface area contributed by atoms with Crippen molar-refractivity contribution in [3.63, 3.8) is 0 Å². The lowest BCUT2D eigenvalue weighted by Crippen LogP contribution is -2.05. The maximum absolute atomic E-state index is 9.28. The van der Waals surface area contributed by atoms with E-state index in [1.54, 1.807) is 0 Å². The molecule has 1 aliphatic carbocycles. The Balaban J connectivity index is 2.74. The Morgan fingerprint density at radius 3 is 2.90 bits per heavy atom. The van der Waals surface area contributed by atoms with Crippen LogP contribution in [0.3, 0.4) is 0 Å². The molecule has 0 aromatic heterocycles. The maximum Gasteiger partial charge on any atom is 0.154 e. The van der Waals surface area contributed by atoms with E-state index in [-0.39, 0.29) is 0 Å². The fourth-order valence-electron chi connectivity index (χ4n) is 1.26. The lowest BCUT2D eigenvalue weighted by molar-refractivity contribution is 0.419. The van der Waals surface area contributed by atoms with Gasteiger partial charge in [0.05, 0.1) is 0 Å². The van der Waals surface area contributed by atoms with Crippen molar-refractivity contribution in [1.82, 2.24) is 0 Å². The molecule has 1 nitrogen and oxygen atoms in total. The lowest BCUT2D eigenvalue weighted by Gasteiger charge is -2.14. The van der Waals surface area contributed by atoms with E-state index in [4.69, 9.17) is 0 Å². The van der Waals surface area contributed by atoms with Crippen LogP contribution in [0.15, 0.2) is 23.4 Å². The van der Waals surface area contributed by atoms with Crippen LogP contribution < -0.4 is 0 Å². The van der Waals surface area contributed by atoms with Gasteiger partial charge in [0.15, 0.2) is 7.28 Å². The molecule has 0 aliphatic heterocycles.